The highest BCUT2D eigenvalue weighted by Gasteiger charge is 2.18. The van der Waals surface area contributed by atoms with Crippen molar-refractivity contribution in [2.24, 2.45) is 7.05 Å². The zero-order valence-electron chi connectivity index (χ0n) is 9.56. The normalized spacial score (nSPS) is 11.1. The summed E-state index contributed by atoms with van der Waals surface area (Å²) in [6.45, 7) is 1.12. The van der Waals surface area contributed by atoms with Crippen LogP contribution in [0.5, 0.6) is 0 Å². The Labute approximate surface area is 113 Å². The van der Waals surface area contributed by atoms with E-state index in [-0.39, 0.29) is 0 Å². The molecule has 0 aromatic carbocycles. The fourth-order valence-corrected chi connectivity index (χ4v) is 3.36. The molecule has 0 radical (unpaired) electrons. The molecule has 0 saturated carbocycles. The van der Waals surface area contributed by atoms with Crippen molar-refractivity contribution in [2.75, 3.05) is 0 Å². The second kappa shape index (κ2) is 4.36. The third-order valence-electron chi connectivity index (χ3n) is 2.64. The number of aryl methyl sites for hydroxylation is 2. The second-order valence-electron chi connectivity index (χ2n) is 3.81. The SMILES string of the molecule is Cc1c(Br)sc2c1c(=O)n(CC(=O)O)c(=O)n2C. The highest BCUT2D eigenvalue weighted by molar-refractivity contribution is 9.11. The standard InChI is InChI=1S/C10H9BrN2O4S/c1-4-6-8(16)13(3-5(14)15)10(17)12(2)9(6)18-7(4)11/h3H2,1-2H3,(H,14,15). The number of hydrogen-bond donors (Lipinski definition) is 1. The molecule has 0 amide bonds. The van der Waals surface area contributed by atoms with Gasteiger partial charge in [-0.1, -0.05) is 0 Å². The van der Waals surface area contributed by atoms with Crippen molar-refractivity contribution in [3.8, 4) is 0 Å². The number of nitrogens with zero attached hydrogens (tertiary/aromatic N) is 2. The molecule has 0 fully saturated rings. The Hall–Kier alpha value is -1.41. The third kappa shape index (κ3) is 1.81. The lowest BCUT2D eigenvalue weighted by Crippen LogP contribution is -2.40. The molecule has 2 heterocycles. The van der Waals surface area contributed by atoms with Gasteiger partial charge in [0.15, 0.2) is 0 Å². The predicted octanol–water partition coefficient (Wildman–Crippen LogP) is 0.917. The van der Waals surface area contributed by atoms with Crippen LogP contribution >= 0.6 is 27.3 Å². The summed E-state index contributed by atoms with van der Waals surface area (Å²) in [4.78, 5) is 35.3. The molecule has 0 aliphatic carbocycles. The zero-order chi connectivity index (χ0) is 13.6. The van der Waals surface area contributed by atoms with Crippen LogP contribution in [0.25, 0.3) is 10.2 Å². The van der Waals surface area contributed by atoms with E-state index in [1.54, 1.807) is 6.92 Å². The quantitative estimate of drug-likeness (QED) is 0.886. The molecule has 2 rings (SSSR count). The molecule has 8 heteroatoms. The van der Waals surface area contributed by atoms with Gasteiger partial charge in [-0.2, -0.15) is 0 Å². The van der Waals surface area contributed by atoms with Crippen molar-refractivity contribution in [3.63, 3.8) is 0 Å². The Morgan fingerprint density at radius 2 is 2.06 bits per heavy atom. The lowest BCUT2D eigenvalue weighted by Gasteiger charge is -2.06. The van der Waals surface area contributed by atoms with Gasteiger partial charge in [-0.15, -0.1) is 11.3 Å². The minimum Gasteiger partial charge on any atom is -0.480 e. The Bertz CT molecular complexity index is 771. The fraction of sp³-hybridized carbons (Fsp3) is 0.300. The lowest BCUT2D eigenvalue weighted by atomic mass is 10.2. The van der Waals surface area contributed by atoms with Gasteiger partial charge in [-0.25, -0.2) is 9.36 Å². The van der Waals surface area contributed by atoms with E-state index in [1.807, 2.05) is 0 Å². The maximum atomic E-state index is 12.1. The smallest absolute Gasteiger partial charge is 0.332 e. The first-order chi connectivity index (χ1) is 8.34. The average Bonchev–Trinajstić information content (AvgIpc) is 2.59. The van der Waals surface area contributed by atoms with Crippen LogP contribution in [0, 0.1) is 6.92 Å². The number of hydrogen-bond acceptors (Lipinski definition) is 4. The van der Waals surface area contributed by atoms with E-state index in [9.17, 15) is 14.4 Å². The van der Waals surface area contributed by atoms with Crippen LogP contribution in [0.4, 0.5) is 0 Å². The third-order valence-corrected chi connectivity index (χ3v) is 4.88. The number of aromatic nitrogens is 2. The van der Waals surface area contributed by atoms with Crippen molar-refractivity contribution >= 4 is 43.5 Å². The van der Waals surface area contributed by atoms with Crippen LogP contribution in [0.2, 0.25) is 0 Å². The number of carboxylic acids is 1. The van der Waals surface area contributed by atoms with E-state index < -0.39 is 23.8 Å². The van der Waals surface area contributed by atoms with Crippen molar-refractivity contribution < 1.29 is 9.90 Å². The summed E-state index contributed by atoms with van der Waals surface area (Å²) >= 11 is 4.60. The molecule has 0 spiro atoms. The minimum atomic E-state index is -1.22. The molecule has 0 aliphatic rings. The molecule has 6 nitrogen and oxygen atoms in total. The number of fused-ring (bicyclic) bond motifs is 1. The summed E-state index contributed by atoms with van der Waals surface area (Å²) < 4.78 is 2.79. The fourth-order valence-electron chi connectivity index (χ4n) is 1.72. The summed E-state index contributed by atoms with van der Waals surface area (Å²) in [5, 5.41) is 9.12. The highest BCUT2D eigenvalue weighted by atomic mass is 79.9. The van der Waals surface area contributed by atoms with Gasteiger partial charge in [0.25, 0.3) is 5.56 Å². The summed E-state index contributed by atoms with van der Waals surface area (Å²) in [6.07, 6.45) is 0. The molecule has 0 aliphatic heterocycles. The first-order valence-electron chi connectivity index (χ1n) is 4.94. The molecule has 96 valence electrons. The summed E-state index contributed by atoms with van der Waals surface area (Å²) in [5.74, 6) is -1.22. The van der Waals surface area contributed by atoms with Gasteiger partial charge >= 0.3 is 11.7 Å². The molecule has 2 aromatic rings. The van der Waals surface area contributed by atoms with Crippen molar-refractivity contribution in [1.29, 1.82) is 0 Å². The minimum absolute atomic E-state index is 0.384. The Morgan fingerprint density at radius 1 is 1.44 bits per heavy atom. The summed E-state index contributed by atoms with van der Waals surface area (Å²) in [5.41, 5.74) is -0.465. The maximum absolute atomic E-state index is 12.1. The summed E-state index contributed by atoms with van der Waals surface area (Å²) in [7, 11) is 1.52. The number of aliphatic carboxylic acids is 1. The van der Waals surface area contributed by atoms with Crippen LogP contribution in [0.3, 0.4) is 0 Å². The van der Waals surface area contributed by atoms with Gasteiger partial charge < -0.3 is 5.11 Å². The number of halogens is 1. The molecule has 18 heavy (non-hydrogen) atoms. The van der Waals surface area contributed by atoms with E-state index >= 15 is 0 Å². The number of rotatable bonds is 2. The van der Waals surface area contributed by atoms with Crippen molar-refractivity contribution in [3.05, 3.63) is 30.2 Å². The zero-order valence-corrected chi connectivity index (χ0v) is 12.0. The van der Waals surface area contributed by atoms with Gasteiger partial charge in [-0.3, -0.25) is 14.2 Å². The van der Waals surface area contributed by atoms with E-state index in [2.05, 4.69) is 15.9 Å². The first kappa shape index (κ1) is 13.0. The predicted molar refractivity (Wildman–Crippen MR) is 71.4 cm³/mol. The molecule has 0 unspecified atom stereocenters. The Balaban J connectivity index is 2.98. The molecule has 0 saturated heterocycles. The average molecular weight is 333 g/mol. The van der Waals surface area contributed by atoms with E-state index in [0.717, 1.165) is 13.9 Å². The van der Waals surface area contributed by atoms with Gasteiger partial charge in [-0.05, 0) is 28.4 Å². The monoisotopic (exact) mass is 332 g/mol. The molecular weight excluding hydrogens is 324 g/mol. The summed E-state index contributed by atoms with van der Waals surface area (Å²) in [6, 6.07) is 0. The van der Waals surface area contributed by atoms with Gasteiger partial charge in [0.2, 0.25) is 0 Å². The maximum Gasteiger partial charge on any atom is 0.332 e. The van der Waals surface area contributed by atoms with Crippen LogP contribution < -0.4 is 11.2 Å². The van der Waals surface area contributed by atoms with Gasteiger partial charge in [0.1, 0.15) is 11.4 Å². The lowest BCUT2D eigenvalue weighted by molar-refractivity contribution is -0.137. The van der Waals surface area contributed by atoms with Gasteiger partial charge in [0.05, 0.1) is 9.17 Å². The topological polar surface area (TPSA) is 81.3 Å². The molecule has 2 aromatic heterocycles. The number of carbonyl (C=O) groups is 1. The molecule has 0 bridgehead atoms. The van der Waals surface area contributed by atoms with Crippen molar-refractivity contribution in [2.45, 2.75) is 13.5 Å². The van der Waals surface area contributed by atoms with Crippen LogP contribution in [0.15, 0.2) is 13.4 Å². The Kier molecular flexibility index (Phi) is 3.16. The van der Waals surface area contributed by atoms with Crippen molar-refractivity contribution in [1.82, 2.24) is 9.13 Å². The largest absolute Gasteiger partial charge is 0.480 e. The van der Waals surface area contributed by atoms with Crippen LogP contribution in [0.1, 0.15) is 5.56 Å². The van der Waals surface area contributed by atoms with Crippen LogP contribution in [-0.4, -0.2) is 20.2 Å². The first-order valence-corrected chi connectivity index (χ1v) is 6.55. The van der Waals surface area contributed by atoms with Crippen LogP contribution in [-0.2, 0) is 18.4 Å². The van der Waals surface area contributed by atoms with E-state index in [0.29, 0.717) is 10.2 Å². The Morgan fingerprint density at radius 3 is 2.61 bits per heavy atom. The van der Waals surface area contributed by atoms with E-state index in [1.165, 1.54) is 23.0 Å². The number of thiophene rings is 1. The highest BCUT2D eigenvalue weighted by Crippen LogP contribution is 2.31. The van der Waals surface area contributed by atoms with Gasteiger partial charge in [0, 0.05) is 7.05 Å². The molecule has 1 N–H and O–H groups in total. The second-order valence-corrected chi connectivity index (χ2v) is 6.12. The molecular formula is C10H9BrN2O4S. The van der Waals surface area contributed by atoms with E-state index in [4.69, 9.17) is 5.11 Å². The number of carboxylic acid groups (broad SMARTS) is 1. The molecule has 0 atom stereocenters.